The number of rotatable bonds is 6. The van der Waals surface area contributed by atoms with Gasteiger partial charge in [0.15, 0.2) is 6.29 Å². The first-order chi connectivity index (χ1) is 9.40. The minimum atomic E-state index is -0.0953. The molecule has 1 aromatic carbocycles. The summed E-state index contributed by atoms with van der Waals surface area (Å²) in [5, 5.41) is 8.75. The standard InChI is InChI=1S/C15H20N2O2/c16-9-4-10-17(14-6-2-1-3-7-14)11-8-15-18-12-5-13-19-15/h1-3,6-7,15H,4-5,8,10-13H2. The molecule has 2 rings (SSSR count). The zero-order valence-corrected chi connectivity index (χ0v) is 11.1. The fourth-order valence-electron chi connectivity index (χ4n) is 2.16. The molecule has 0 amide bonds. The van der Waals surface area contributed by atoms with Crippen LogP contribution < -0.4 is 4.90 Å². The molecule has 1 aliphatic heterocycles. The number of hydrogen-bond donors (Lipinski definition) is 0. The van der Waals surface area contributed by atoms with E-state index in [0.717, 1.165) is 44.8 Å². The lowest BCUT2D eigenvalue weighted by molar-refractivity contribution is -0.179. The van der Waals surface area contributed by atoms with Gasteiger partial charge in [-0.05, 0) is 18.6 Å². The van der Waals surface area contributed by atoms with Crippen LogP contribution in [0.2, 0.25) is 0 Å². The molecule has 1 aromatic rings. The van der Waals surface area contributed by atoms with Crippen LogP contribution in [0.4, 0.5) is 5.69 Å². The Morgan fingerprint density at radius 3 is 2.58 bits per heavy atom. The predicted molar refractivity (Wildman–Crippen MR) is 73.8 cm³/mol. The van der Waals surface area contributed by atoms with Gasteiger partial charge in [-0.15, -0.1) is 0 Å². The third kappa shape index (κ3) is 4.55. The van der Waals surface area contributed by atoms with Crippen molar-refractivity contribution in [2.45, 2.75) is 25.6 Å². The molecule has 1 fully saturated rings. The maximum Gasteiger partial charge on any atom is 0.159 e. The summed E-state index contributed by atoms with van der Waals surface area (Å²) >= 11 is 0. The zero-order valence-electron chi connectivity index (χ0n) is 11.1. The molecule has 0 saturated carbocycles. The van der Waals surface area contributed by atoms with Gasteiger partial charge in [0.25, 0.3) is 0 Å². The van der Waals surface area contributed by atoms with Crippen LogP contribution in [-0.4, -0.2) is 32.6 Å². The van der Waals surface area contributed by atoms with Crippen molar-refractivity contribution in [2.75, 3.05) is 31.2 Å². The minimum absolute atomic E-state index is 0.0953. The molecule has 4 nitrogen and oxygen atoms in total. The second-order valence-corrected chi connectivity index (χ2v) is 4.54. The molecule has 1 heterocycles. The number of benzene rings is 1. The van der Waals surface area contributed by atoms with Crippen molar-refractivity contribution in [3.63, 3.8) is 0 Å². The van der Waals surface area contributed by atoms with Crippen LogP contribution in [0.3, 0.4) is 0 Å². The number of ether oxygens (including phenoxy) is 2. The summed E-state index contributed by atoms with van der Waals surface area (Å²) in [4.78, 5) is 2.21. The summed E-state index contributed by atoms with van der Waals surface area (Å²) in [7, 11) is 0. The summed E-state index contributed by atoms with van der Waals surface area (Å²) in [5.74, 6) is 0. The van der Waals surface area contributed by atoms with Gasteiger partial charge in [0.2, 0.25) is 0 Å². The Bertz CT molecular complexity index is 396. The SMILES string of the molecule is N#CCCN(CCC1OCCCO1)c1ccccc1. The van der Waals surface area contributed by atoms with Crippen molar-refractivity contribution in [1.82, 2.24) is 0 Å². The van der Waals surface area contributed by atoms with Gasteiger partial charge in [0.05, 0.1) is 25.7 Å². The van der Waals surface area contributed by atoms with E-state index in [4.69, 9.17) is 14.7 Å². The van der Waals surface area contributed by atoms with E-state index < -0.39 is 0 Å². The van der Waals surface area contributed by atoms with Crippen molar-refractivity contribution in [1.29, 1.82) is 5.26 Å². The summed E-state index contributed by atoms with van der Waals surface area (Å²) in [6, 6.07) is 12.4. The Balaban J connectivity index is 1.88. The number of nitrogens with zero attached hydrogens (tertiary/aromatic N) is 2. The molecular formula is C15H20N2O2. The normalized spacial score (nSPS) is 15.9. The highest BCUT2D eigenvalue weighted by molar-refractivity contribution is 5.45. The lowest BCUT2D eigenvalue weighted by atomic mass is 10.2. The van der Waals surface area contributed by atoms with Gasteiger partial charge in [-0.1, -0.05) is 18.2 Å². The molecule has 1 aliphatic rings. The summed E-state index contributed by atoms with van der Waals surface area (Å²) in [5.41, 5.74) is 1.15. The number of para-hydroxylation sites is 1. The Labute approximate surface area is 114 Å². The van der Waals surface area contributed by atoms with Crippen LogP contribution in [0.15, 0.2) is 30.3 Å². The third-order valence-corrected chi connectivity index (χ3v) is 3.15. The topological polar surface area (TPSA) is 45.5 Å². The largest absolute Gasteiger partial charge is 0.370 e. The summed E-state index contributed by atoms with van der Waals surface area (Å²) < 4.78 is 11.1. The first-order valence-electron chi connectivity index (χ1n) is 6.80. The Morgan fingerprint density at radius 1 is 1.16 bits per heavy atom. The van der Waals surface area contributed by atoms with Crippen molar-refractivity contribution in [3.8, 4) is 6.07 Å². The second kappa shape index (κ2) is 7.78. The van der Waals surface area contributed by atoms with Crippen molar-refractivity contribution >= 4 is 5.69 Å². The molecule has 1 saturated heterocycles. The van der Waals surface area contributed by atoms with E-state index in [9.17, 15) is 0 Å². The van der Waals surface area contributed by atoms with E-state index in [1.54, 1.807) is 0 Å². The fourth-order valence-corrected chi connectivity index (χ4v) is 2.16. The monoisotopic (exact) mass is 260 g/mol. The van der Waals surface area contributed by atoms with Crippen LogP contribution in [0.5, 0.6) is 0 Å². The summed E-state index contributed by atoms with van der Waals surface area (Å²) in [6.45, 7) is 3.16. The number of hydrogen-bond acceptors (Lipinski definition) is 4. The molecule has 0 spiro atoms. The highest BCUT2D eigenvalue weighted by Crippen LogP contribution is 2.16. The van der Waals surface area contributed by atoms with E-state index in [1.165, 1.54) is 0 Å². The van der Waals surface area contributed by atoms with Gasteiger partial charge >= 0.3 is 0 Å². The van der Waals surface area contributed by atoms with E-state index in [-0.39, 0.29) is 6.29 Å². The second-order valence-electron chi connectivity index (χ2n) is 4.54. The molecule has 4 heteroatoms. The van der Waals surface area contributed by atoms with E-state index >= 15 is 0 Å². The van der Waals surface area contributed by atoms with Gasteiger partial charge in [-0.2, -0.15) is 5.26 Å². The van der Waals surface area contributed by atoms with Gasteiger partial charge in [0, 0.05) is 25.2 Å². The van der Waals surface area contributed by atoms with Crippen LogP contribution in [0, 0.1) is 11.3 Å². The molecular weight excluding hydrogens is 240 g/mol. The minimum Gasteiger partial charge on any atom is -0.370 e. The Hall–Kier alpha value is -1.57. The molecule has 0 aromatic heterocycles. The molecule has 0 aliphatic carbocycles. The fraction of sp³-hybridized carbons (Fsp3) is 0.533. The molecule has 0 atom stereocenters. The quantitative estimate of drug-likeness (QED) is 0.788. The first kappa shape index (κ1) is 13.9. The maximum atomic E-state index is 8.75. The smallest absolute Gasteiger partial charge is 0.159 e. The number of anilines is 1. The highest BCUT2D eigenvalue weighted by atomic mass is 16.7. The van der Waals surface area contributed by atoms with Crippen LogP contribution in [0.1, 0.15) is 19.3 Å². The van der Waals surface area contributed by atoms with Crippen molar-refractivity contribution < 1.29 is 9.47 Å². The average molecular weight is 260 g/mol. The van der Waals surface area contributed by atoms with Crippen LogP contribution in [-0.2, 0) is 9.47 Å². The summed E-state index contributed by atoms with van der Waals surface area (Å²) in [6.07, 6.45) is 2.25. The molecule has 102 valence electrons. The van der Waals surface area contributed by atoms with Gasteiger partial charge < -0.3 is 14.4 Å². The predicted octanol–water partition coefficient (Wildman–Crippen LogP) is 2.56. The van der Waals surface area contributed by atoms with Crippen molar-refractivity contribution in [3.05, 3.63) is 30.3 Å². The van der Waals surface area contributed by atoms with Crippen LogP contribution in [0.25, 0.3) is 0 Å². The first-order valence-corrected chi connectivity index (χ1v) is 6.80. The molecule has 0 radical (unpaired) electrons. The third-order valence-electron chi connectivity index (χ3n) is 3.15. The van der Waals surface area contributed by atoms with E-state index in [2.05, 4.69) is 23.1 Å². The Morgan fingerprint density at radius 2 is 1.89 bits per heavy atom. The van der Waals surface area contributed by atoms with Gasteiger partial charge in [0.1, 0.15) is 0 Å². The maximum absolute atomic E-state index is 8.75. The van der Waals surface area contributed by atoms with E-state index in [1.807, 2.05) is 18.2 Å². The highest BCUT2D eigenvalue weighted by Gasteiger charge is 2.16. The molecule has 19 heavy (non-hydrogen) atoms. The average Bonchev–Trinajstić information content (AvgIpc) is 2.49. The molecule has 0 bridgehead atoms. The molecule has 0 unspecified atom stereocenters. The lowest BCUT2D eigenvalue weighted by Crippen LogP contribution is -2.32. The molecule has 0 N–H and O–H groups in total. The van der Waals surface area contributed by atoms with Crippen molar-refractivity contribution in [2.24, 2.45) is 0 Å². The van der Waals surface area contributed by atoms with Gasteiger partial charge in [-0.3, -0.25) is 0 Å². The van der Waals surface area contributed by atoms with E-state index in [0.29, 0.717) is 6.42 Å². The van der Waals surface area contributed by atoms with Gasteiger partial charge in [-0.25, -0.2) is 0 Å². The number of nitriles is 1. The van der Waals surface area contributed by atoms with Crippen LogP contribution >= 0.6 is 0 Å². The zero-order chi connectivity index (χ0) is 13.3. The lowest BCUT2D eigenvalue weighted by Gasteiger charge is -2.28. The Kier molecular flexibility index (Phi) is 5.67.